The lowest BCUT2D eigenvalue weighted by atomic mass is 10.2. The lowest BCUT2D eigenvalue weighted by Gasteiger charge is -2.10. The molecule has 0 unspecified atom stereocenters. The number of benzene rings is 1. The molecule has 0 atom stereocenters. The molecular weight excluding hydrogens is 342 g/mol. The van der Waals surface area contributed by atoms with Gasteiger partial charge in [0.15, 0.2) is 5.03 Å². The van der Waals surface area contributed by atoms with Gasteiger partial charge in [-0.25, -0.2) is 4.98 Å². The second-order valence-electron chi connectivity index (χ2n) is 3.60. The van der Waals surface area contributed by atoms with Gasteiger partial charge in [0.05, 0.1) is 18.2 Å². The van der Waals surface area contributed by atoms with Crippen LogP contribution >= 0.6 is 27.5 Å². The molecule has 1 aromatic carbocycles. The van der Waals surface area contributed by atoms with E-state index in [1.165, 1.54) is 12.5 Å². The molecule has 0 saturated heterocycles. The summed E-state index contributed by atoms with van der Waals surface area (Å²) in [6.07, 6.45) is 2.53. The van der Waals surface area contributed by atoms with Crippen LogP contribution in [0.3, 0.4) is 0 Å². The standard InChI is InChI=1S/C10H9BrClN3O2S/c1-6-2-7(11)9(3-8(6)12)15-18(16,17)10-4-13-5-14-10/h2-5,15H,1H3,(H,13,14). The lowest BCUT2D eigenvalue weighted by Crippen LogP contribution is -2.13. The van der Waals surface area contributed by atoms with Gasteiger partial charge in [-0.05, 0) is 40.5 Å². The third kappa shape index (κ3) is 2.68. The van der Waals surface area contributed by atoms with E-state index in [0.29, 0.717) is 15.2 Å². The van der Waals surface area contributed by atoms with Crippen LogP contribution < -0.4 is 4.72 Å². The van der Waals surface area contributed by atoms with Gasteiger partial charge in [-0.3, -0.25) is 4.72 Å². The maximum Gasteiger partial charge on any atom is 0.279 e. The summed E-state index contributed by atoms with van der Waals surface area (Å²) in [5.74, 6) is 0. The van der Waals surface area contributed by atoms with Crippen molar-refractivity contribution in [1.82, 2.24) is 9.97 Å². The van der Waals surface area contributed by atoms with Crippen LogP contribution in [0, 0.1) is 6.92 Å². The molecular formula is C10H9BrClN3O2S. The number of anilines is 1. The average molecular weight is 351 g/mol. The van der Waals surface area contributed by atoms with E-state index in [2.05, 4.69) is 30.6 Å². The molecule has 0 radical (unpaired) electrons. The van der Waals surface area contributed by atoms with Crippen molar-refractivity contribution in [3.63, 3.8) is 0 Å². The molecule has 0 aliphatic carbocycles. The van der Waals surface area contributed by atoms with E-state index in [1.54, 1.807) is 12.1 Å². The molecule has 0 aliphatic rings. The van der Waals surface area contributed by atoms with Crippen molar-refractivity contribution in [1.29, 1.82) is 0 Å². The quantitative estimate of drug-likeness (QED) is 0.893. The van der Waals surface area contributed by atoms with Crippen LogP contribution in [0.4, 0.5) is 5.69 Å². The highest BCUT2D eigenvalue weighted by Gasteiger charge is 2.17. The Morgan fingerprint density at radius 2 is 2.17 bits per heavy atom. The highest BCUT2D eigenvalue weighted by molar-refractivity contribution is 9.10. The molecule has 0 aliphatic heterocycles. The molecule has 2 aromatic rings. The summed E-state index contributed by atoms with van der Waals surface area (Å²) in [5.41, 5.74) is 1.23. The van der Waals surface area contributed by atoms with Crippen molar-refractivity contribution in [2.45, 2.75) is 11.9 Å². The molecule has 18 heavy (non-hydrogen) atoms. The number of nitrogens with one attached hydrogen (secondary N) is 2. The summed E-state index contributed by atoms with van der Waals surface area (Å²) < 4.78 is 27.0. The Bertz CT molecular complexity index is 671. The predicted octanol–water partition coefficient (Wildman–Crippen LogP) is 2.93. The van der Waals surface area contributed by atoms with Crippen LogP contribution in [0.2, 0.25) is 5.02 Å². The van der Waals surface area contributed by atoms with Gasteiger partial charge in [0.1, 0.15) is 0 Å². The van der Waals surface area contributed by atoms with Crippen molar-refractivity contribution in [3.05, 3.63) is 39.7 Å². The van der Waals surface area contributed by atoms with E-state index < -0.39 is 10.0 Å². The monoisotopic (exact) mass is 349 g/mol. The van der Waals surface area contributed by atoms with Gasteiger partial charge in [0.2, 0.25) is 0 Å². The van der Waals surface area contributed by atoms with Gasteiger partial charge < -0.3 is 4.98 Å². The number of H-pyrrole nitrogens is 1. The van der Waals surface area contributed by atoms with E-state index in [0.717, 1.165) is 5.56 Å². The smallest absolute Gasteiger partial charge is 0.279 e. The van der Waals surface area contributed by atoms with Gasteiger partial charge in [-0.1, -0.05) is 11.6 Å². The van der Waals surface area contributed by atoms with Crippen molar-refractivity contribution in [2.24, 2.45) is 0 Å². The van der Waals surface area contributed by atoms with Crippen LogP contribution in [0.5, 0.6) is 0 Å². The van der Waals surface area contributed by atoms with Crippen LogP contribution in [0.25, 0.3) is 0 Å². The molecule has 1 heterocycles. The normalized spacial score (nSPS) is 11.5. The Hall–Kier alpha value is -1.05. The minimum Gasteiger partial charge on any atom is -0.334 e. The maximum atomic E-state index is 12.0. The number of aryl methyl sites for hydroxylation is 1. The van der Waals surface area contributed by atoms with Crippen LogP contribution in [0.1, 0.15) is 5.56 Å². The Kier molecular flexibility index (Phi) is 3.65. The number of hydrogen-bond donors (Lipinski definition) is 2. The van der Waals surface area contributed by atoms with Crippen molar-refractivity contribution < 1.29 is 8.42 Å². The third-order valence-electron chi connectivity index (χ3n) is 2.26. The first kappa shape index (κ1) is 13.4. The second kappa shape index (κ2) is 4.91. The zero-order chi connectivity index (χ0) is 13.3. The van der Waals surface area contributed by atoms with Gasteiger partial charge in [0.25, 0.3) is 10.0 Å². The summed E-state index contributed by atoms with van der Waals surface area (Å²) in [5, 5.41) is 0.478. The number of rotatable bonds is 3. The summed E-state index contributed by atoms with van der Waals surface area (Å²) in [7, 11) is -3.68. The SMILES string of the molecule is Cc1cc(Br)c(NS(=O)(=O)c2cnc[nH]2)cc1Cl. The van der Waals surface area contributed by atoms with Crippen LogP contribution in [0.15, 0.2) is 34.2 Å². The maximum absolute atomic E-state index is 12.0. The zero-order valence-electron chi connectivity index (χ0n) is 9.24. The topological polar surface area (TPSA) is 74.8 Å². The first-order valence-corrected chi connectivity index (χ1v) is 7.52. The van der Waals surface area contributed by atoms with E-state index in [4.69, 9.17) is 11.6 Å². The summed E-state index contributed by atoms with van der Waals surface area (Å²) in [4.78, 5) is 6.20. The minimum absolute atomic E-state index is 0.00824. The van der Waals surface area contributed by atoms with Crippen LogP contribution in [-0.2, 0) is 10.0 Å². The van der Waals surface area contributed by atoms with E-state index >= 15 is 0 Å². The number of aromatic amines is 1. The van der Waals surface area contributed by atoms with Gasteiger partial charge >= 0.3 is 0 Å². The Labute approximate surface area is 118 Å². The molecule has 0 bridgehead atoms. The van der Waals surface area contributed by atoms with E-state index in [-0.39, 0.29) is 5.03 Å². The number of halogens is 2. The summed E-state index contributed by atoms with van der Waals surface area (Å²) in [6, 6.07) is 3.29. The number of imidazole rings is 1. The average Bonchev–Trinajstić information content (AvgIpc) is 2.79. The predicted molar refractivity (Wildman–Crippen MR) is 73.3 cm³/mol. The van der Waals surface area contributed by atoms with Crippen molar-refractivity contribution >= 4 is 43.2 Å². The first-order valence-electron chi connectivity index (χ1n) is 4.87. The Morgan fingerprint density at radius 3 is 2.78 bits per heavy atom. The molecule has 5 nitrogen and oxygen atoms in total. The molecule has 2 rings (SSSR count). The minimum atomic E-state index is -3.68. The van der Waals surface area contributed by atoms with E-state index in [9.17, 15) is 8.42 Å². The molecule has 0 spiro atoms. The lowest BCUT2D eigenvalue weighted by molar-refractivity contribution is 0.598. The first-order chi connectivity index (χ1) is 8.40. The van der Waals surface area contributed by atoms with E-state index in [1.807, 2.05) is 6.92 Å². The highest BCUT2D eigenvalue weighted by atomic mass is 79.9. The highest BCUT2D eigenvalue weighted by Crippen LogP contribution is 2.30. The number of nitrogens with zero attached hydrogens (tertiary/aromatic N) is 1. The van der Waals surface area contributed by atoms with Gasteiger partial charge in [0, 0.05) is 9.50 Å². The molecule has 1 aromatic heterocycles. The molecule has 8 heteroatoms. The van der Waals surface area contributed by atoms with Crippen LogP contribution in [-0.4, -0.2) is 18.4 Å². The molecule has 96 valence electrons. The van der Waals surface area contributed by atoms with Crippen molar-refractivity contribution in [2.75, 3.05) is 4.72 Å². The zero-order valence-corrected chi connectivity index (χ0v) is 12.4. The number of hydrogen-bond acceptors (Lipinski definition) is 3. The summed E-state index contributed by atoms with van der Waals surface area (Å²) >= 11 is 9.25. The molecule has 0 fully saturated rings. The fraction of sp³-hybridized carbons (Fsp3) is 0.100. The third-order valence-corrected chi connectivity index (χ3v) is 4.61. The number of aromatic nitrogens is 2. The van der Waals surface area contributed by atoms with Gasteiger partial charge in [-0.15, -0.1) is 0 Å². The molecule has 0 amide bonds. The summed E-state index contributed by atoms with van der Waals surface area (Å²) in [6.45, 7) is 1.83. The fourth-order valence-electron chi connectivity index (χ4n) is 1.31. The molecule has 0 saturated carbocycles. The molecule has 2 N–H and O–H groups in total. The Balaban J connectivity index is 2.39. The van der Waals surface area contributed by atoms with Crippen molar-refractivity contribution in [3.8, 4) is 0 Å². The fourth-order valence-corrected chi connectivity index (χ4v) is 3.14. The Morgan fingerprint density at radius 1 is 1.44 bits per heavy atom. The largest absolute Gasteiger partial charge is 0.334 e. The van der Waals surface area contributed by atoms with Gasteiger partial charge in [-0.2, -0.15) is 8.42 Å². The number of sulfonamides is 1. The second-order valence-corrected chi connectivity index (χ2v) is 6.51.